The molecule has 0 bridgehead atoms. The molecule has 0 aliphatic heterocycles. The molecule has 184 valence electrons. The number of Topliss-reactive ketones (excluding diaryl/α,β-unsaturated/α-hetero) is 1. The third-order valence-electron chi connectivity index (χ3n) is 5.44. The van der Waals surface area contributed by atoms with Gasteiger partial charge in [0.1, 0.15) is 0 Å². The predicted molar refractivity (Wildman–Crippen MR) is 136 cm³/mol. The van der Waals surface area contributed by atoms with Crippen molar-refractivity contribution in [1.82, 2.24) is 10.6 Å². The van der Waals surface area contributed by atoms with Crippen LogP contribution in [0.3, 0.4) is 0 Å². The van der Waals surface area contributed by atoms with Gasteiger partial charge in [-0.3, -0.25) is 9.59 Å². The Kier molecular flexibility index (Phi) is 9.16. The summed E-state index contributed by atoms with van der Waals surface area (Å²) in [5.74, 6) is -0.957. The highest BCUT2D eigenvalue weighted by atomic mass is 16.4. The Morgan fingerprint density at radius 1 is 0.853 bits per heavy atom. The molecule has 0 fully saturated rings. The van der Waals surface area contributed by atoms with E-state index in [1.54, 1.807) is 36.4 Å². The SMILES string of the molecule is CC(C)(C)N[C@@H](CCCCNC(=O)c1cccc(-c2cccc(C(=O)O)c2)c1)C(=O)C(C)(C)C. The van der Waals surface area contributed by atoms with Crippen molar-refractivity contribution < 1.29 is 19.5 Å². The van der Waals surface area contributed by atoms with E-state index in [9.17, 15) is 19.5 Å². The highest BCUT2D eigenvalue weighted by Gasteiger charge is 2.31. The number of rotatable bonds is 10. The van der Waals surface area contributed by atoms with Gasteiger partial charge >= 0.3 is 5.97 Å². The molecule has 0 saturated carbocycles. The van der Waals surface area contributed by atoms with Crippen molar-refractivity contribution in [3.05, 3.63) is 59.7 Å². The van der Waals surface area contributed by atoms with E-state index < -0.39 is 11.4 Å². The molecule has 2 aromatic carbocycles. The predicted octanol–water partition coefficient (Wildman–Crippen LogP) is 5.32. The highest BCUT2D eigenvalue weighted by molar-refractivity contribution is 5.96. The smallest absolute Gasteiger partial charge is 0.335 e. The van der Waals surface area contributed by atoms with Crippen molar-refractivity contribution in [3.8, 4) is 11.1 Å². The van der Waals surface area contributed by atoms with Gasteiger partial charge in [-0.2, -0.15) is 0 Å². The van der Waals surface area contributed by atoms with E-state index in [1.807, 2.05) is 32.9 Å². The number of carboxylic acids is 1. The van der Waals surface area contributed by atoms with Gasteiger partial charge in [-0.25, -0.2) is 4.79 Å². The Balaban J connectivity index is 1.93. The molecule has 2 rings (SSSR count). The number of carbonyl (C=O) groups is 3. The molecule has 34 heavy (non-hydrogen) atoms. The minimum Gasteiger partial charge on any atom is -0.478 e. The molecular weight excluding hydrogens is 428 g/mol. The number of ketones is 1. The first-order valence-electron chi connectivity index (χ1n) is 11.8. The number of benzene rings is 2. The van der Waals surface area contributed by atoms with E-state index in [-0.39, 0.29) is 28.8 Å². The van der Waals surface area contributed by atoms with Crippen molar-refractivity contribution in [2.24, 2.45) is 5.41 Å². The van der Waals surface area contributed by atoms with Crippen LogP contribution in [0.25, 0.3) is 11.1 Å². The van der Waals surface area contributed by atoms with Crippen LogP contribution in [0, 0.1) is 5.41 Å². The van der Waals surface area contributed by atoms with Gasteiger partial charge in [0, 0.05) is 23.1 Å². The molecular formula is C28H38N2O4. The van der Waals surface area contributed by atoms with E-state index in [0.717, 1.165) is 30.4 Å². The standard InChI is InChI=1S/C28H38N2O4/c1-27(2,3)24(31)23(30-28(4,5)6)15-7-8-16-29-25(32)21-13-9-11-19(17-21)20-12-10-14-22(18-20)26(33)34/h9-14,17-18,23,30H,7-8,15-16H2,1-6H3,(H,29,32)(H,33,34)/t23-/m0/s1. The van der Waals surface area contributed by atoms with Crippen LogP contribution in [-0.4, -0.2) is 40.9 Å². The van der Waals surface area contributed by atoms with Crippen LogP contribution in [0.4, 0.5) is 0 Å². The molecule has 3 N–H and O–H groups in total. The molecule has 6 nitrogen and oxygen atoms in total. The lowest BCUT2D eigenvalue weighted by molar-refractivity contribution is -0.129. The number of amides is 1. The molecule has 2 aromatic rings. The Labute approximate surface area is 203 Å². The zero-order chi connectivity index (χ0) is 25.5. The van der Waals surface area contributed by atoms with Crippen molar-refractivity contribution >= 4 is 17.7 Å². The lowest BCUT2D eigenvalue weighted by atomic mass is 9.84. The van der Waals surface area contributed by atoms with E-state index >= 15 is 0 Å². The number of carbonyl (C=O) groups excluding carboxylic acids is 2. The molecule has 1 amide bonds. The van der Waals surface area contributed by atoms with Crippen LogP contribution in [-0.2, 0) is 4.79 Å². The molecule has 0 saturated heterocycles. The molecule has 0 aromatic heterocycles. The van der Waals surface area contributed by atoms with Crippen LogP contribution in [0.15, 0.2) is 48.5 Å². The van der Waals surface area contributed by atoms with E-state index in [0.29, 0.717) is 12.1 Å². The number of carboxylic acid groups (broad SMARTS) is 1. The maximum Gasteiger partial charge on any atom is 0.335 e. The fourth-order valence-electron chi connectivity index (χ4n) is 3.76. The van der Waals surface area contributed by atoms with Crippen molar-refractivity contribution in [3.63, 3.8) is 0 Å². The van der Waals surface area contributed by atoms with Gasteiger partial charge in [-0.1, -0.05) is 45.0 Å². The second kappa shape index (κ2) is 11.4. The first-order chi connectivity index (χ1) is 15.8. The van der Waals surface area contributed by atoms with Gasteiger partial charge in [-0.15, -0.1) is 0 Å². The minimum atomic E-state index is -0.986. The summed E-state index contributed by atoms with van der Waals surface area (Å²) in [6, 6.07) is 13.6. The molecule has 0 radical (unpaired) electrons. The van der Waals surface area contributed by atoms with Crippen LogP contribution in [0.2, 0.25) is 0 Å². The van der Waals surface area contributed by atoms with Gasteiger partial charge < -0.3 is 15.7 Å². The Bertz CT molecular complexity index is 1020. The first kappa shape index (κ1) is 27.3. The Hall–Kier alpha value is -2.99. The molecule has 0 aliphatic rings. The fourth-order valence-corrected chi connectivity index (χ4v) is 3.76. The summed E-state index contributed by atoms with van der Waals surface area (Å²) in [6.45, 7) is 12.5. The molecule has 6 heteroatoms. The maximum absolute atomic E-state index is 12.8. The summed E-state index contributed by atoms with van der Waals surface area (Å²) in [7, 11) is 0. The Morgan fingerprint density at radius 3 is 1.94 bits per heavy atom. The summed E-state index contributed by atoms with van der Waals surface area (Å²) < 4.78 is 0. The Morgan fingerprint density at radius 2 is 1.41 bits per heavy atom. The van der Waals surface area contributed by atoms with Crippen molar-refractivity contribution in [2.75, 3.05) is 6.54 Å². The molecule has 0 aliphatic carbocycles. The van der Waals surface area contributed by atoms with Crippen LogP contribution in [0.1, 0.15) is 81.5 Å². The third-order valence-corrected chi connectivity index (χ3v) is 5.44. The van der Waals surface area contributed by atoms with E-state index in [2.05, 4.69) is 31.4 Å². The van der Waals surface area contributed by atoms with Crippen LogP contribution < -0.4 is 10.6 Å². The monoisotopic (exact) mass is 466 g/mol. The lowest BCUT2D eigenvalue weighted by Gasteiger charge is -2.31. The van der Waals surface area contributed by atoms with Crippen molar-refractivity contribution in [2.45, 2.75) is 72.4 Å². The van der Waals surface area contributed by atoms with E-state index in [4.69, 9.17) is 0 Å². The maximum atomic E-state index is 12.8. The summed E-state index contributed by atoms with van der Waals surface area (Å²) in [4.78, 5) is 36.7. The number of hydrogen-bond donors (Lipinski definition) is 3. The van der Waals surface area contributed by atoms with E-state index in [1.165, 1.54) is 0 Å². The zero-order valence-electron chi connectivity index (χ0n) is 21.2. The largest absolute Gasteiger partial charge is 0.478 e. The average molecular weight is 467 g/mol. The second-order valence-electron chi connectivity index (χ2n) is 10.8. The quantitative estimate of drug-likeness (QED) is 0.412. The summed E-state index contributed by atoms with van der Waals surface area (Å²) in [5.41, 5.74) is 1.69. The van der Waals surface area contributed by atoms with Gasteiger partial charge in [0.15, 0.2) is 5.78 Å². The fraction of sp³-hybridized carbons (Fsp3) is 0.464. The van der Waals surface area contributed by atoms with Gasteiger partial charge in [0.05, 0.1) is 11.6 Å². The third kappa shape index (κ3) is 8.41. The highest BCUT2D eigenvalue weighted by Crippen LogP contribution is 2.23. The number of hydrogen-bond acceptors (Lipinski definition) is 4. The van der Waals surface area contributed by atoms with Crippen LogP contribution in [0.5, 0.6) is 0 Å². The normalized spacial score (nSPS) is 12.8. The zero-order valence-corrected chi connectivity index (χ0v) is 21.2. The topological polar surface area (TPSA) is 95.5 Å². The van der Waals surface area contributed by atoms with Gasteiger partial charge in [0.2, 0.25) is 0 Å². The van der Waals surface area contributed by atoms with Gasteiger partial charge in [-0.05, 0) is 75.4 Å². The second-order valence-corrected chi connectivity index (χ2v) is 10.8. The van der Waals surface area contributed by atoms with Crippen molar-refractivity contribution in [1.29, 1.82) is 0 Å². The number of nitrogens with one attached hydrogen (secondary N) is 2. The summed E-state index contributed by atoms with van der Waals surface area (Å²) >= 11 is 0. The first-order valence-corrected chi connectivity index (χ1v) is 11.8. The average Bonchev–Trinajstić information content (AvgIpc) is 2.76. The number of aromatic carboxylic acids is 1. The summed E-state index contributed by atoms with van der Waals surface area (Å²) in [5, 5.41) is 15.6. The molecule has 0 heterocycles. The number of unbranched alkanes of at least 4 members (excludes halogenated alkanes) is 1. The van der Waals surface area contributed by atoms with Gasteiger partial charge in [0.25, 0.3) is 5.91 Å². The minimum absolute atomic E-state index is 0.158. The molecule has 0 spiro atoms. The molecule has 1 atom stereocenters. The summed E-state index contributed by atoms with van der Waals surface area (Å²) in [6.07, 6.45) is 2.31. The lowest BCUT2D eigenvalue weighted by Crippen LogP contribution is -2.50. The molecule has 0 unspecified atom stereocenters. The van der Waals surface area contributed by atoms with Crippen LogP contribution >= 0.6 is 0 Å².